The Labute approximate surface area is 129 Å². The lowest BCUT2D eigenvalue weighted by Crippen LogP contribution is -2.37. The molecule has 0 radical (unpaired) electrons. The molecule has 3 nitrogen and oxygen atoms in total. The second-order valence-corrected chi connectivity index (χ2v) is 5.88. The average Bonchev–Trinajstić information content (AvgIpc) is 2.69. The summed E-state index contributed by atoms with van der Waals surface area (Å²) in [6.07, 6.45) is 7.02. The molecule has 2 rings (SSSR count). The van der Waals surface area contributed by atoms with Crippen LogP contribution in [0.25, 0.3) is 0 Å². The lowest BCUT2D eigenvalue weighted by atomic mass is 10.1. The maximum Gasteiger partial charge on any atom is 0.258 e. The number of carbonyl (C=O) groups excluding carboxylic acids is 1. The zero-order valence-corrected chi connectivity index (χ0v) is 12.8. The lowest BCUT2D eigenvalue weighted by molar-refractivity contribution is -0.123. The van der Waals surface area contributed by atoms with E-state index in [4.69, 9.17) is 27.9 Å². The molecule has 0 bridgehead atoms. The average molecular weight is 316 g/mol. The maximum absolute atomic E-state index is 11.9. The normalized spacial score (nSPS) is 16.5. The van der Waals surface area contributed by atoms with Gasteiger partial charge in [-0.3, -0.25) is 4.79 Å². The molecular weight excluding hydrogens is 297 g/mol. The number of hydrogen-bond acceptors (Lipinski definition) is 2. The highest BCUT2D eigenvalue weighted by atomic mass is 35.5. The van der Waals surface area contributed by atoms with Gasteiger partial charge in [0.15, 0.2) is 6.61 Å². The van der Waals surface area contributed by atoms with Crippen LogP contribution in [0.2, 0.25) is 10.0 Å². The fourth-order valence-corrected chi connectivity index (χ4v) is 2.78. The van der Waals surface area contributed by atoms with E-state index < -0.39 is 0 Å². The van der Waals surface area contributed by atoms with Crippen molar-refractivity contribution in [3.63, 3.8) is 0 Å². The van der Waals surface area contributed by atoms with Crippen molar-refractivity contribution in [1.82, 2.24) is 5.32 Å². The molecule has 5 heteroatoms. The summed E-state index contributed by atoms with van der Waals surface area (Å²) in [5.41, 5.74) is 0. The van der Waals surface area contributed by atoms with Gasteiger partial charge in [0.1, 0.15) is 10.8 Å². The van der Waals surface area contributed by atoms with Gasteiger partial charge in [0.05, 0.1) is 5.02 Å². The number of carbonyl (C=O) groups is 1. The number of nitrogens with one attached hydrogen (secondary N) is 1. The molecular formula is C15H19Cl2NO2. The monoisotopic (exact) mass is 315 g/mol. The van der Waals surface area contributed by atoms with Crippen molar-refractivity contribution in [2.24, 2.45) is 0 Å². The van der Waals surface area contributed by atoms with E-state index in [0.717, 1.165) is 12.8 Å². The van der Waals surface area contributed by atoms with Crippen LogP contribution in [0.1, 0.15) is 38.5 Å². The number of halogens is 2. The third kappa shape index (κ3) is 4.57. The fourth-order valence-electron chi connectivity index (χ4n) is 2.43. The fraction of sp³-hybridized carbons (Fsp3) is 0.533. The Balaban J connectivity index is 1.81. The van der Waals surface area contributed by atoms with Gasteiger partial charge in [0, 0.05) is 6.04 Å². The van der Waals surface area contributed by atoms with Crippen LogP contribution < -0.4 is 10.1 Å². The molecule has 0 aromatic heterocycles. The highest BCUT2D eigenvalue weighted by molar-refractivity contribution is 6.42. The summed E-state index contributed by atoms with van der Waals surface area (Å²) in [5.74, 6) is 0.336. The van der Waals surface area contributed by atoms with Gasteiger partial charge in [0.25, 0.3) is 5.91 Å². The van der Waals surface area contributed by atoms with Gasteiger partial charge >= 0.3 is 0 Å². The minimum Gasteiger partial charge on any atom is -0.482 e. The molecule has 0 unspecified atom stereocenters. The van der Waals surface area contributed by atoms with E-state index in [1.54, 1.807) is 18.2 Å². The summed E-state index contributed by atoms with van der Waals surface area (Å²) in [4.78, 5) is 11.9. The number of hydrogen-bond donors (Lipinski definition) is 1. The van der Waals surface area contributed by atoms with E-state index in [0.29, 0.717) is 15.8 Å². The van der Waals surface area contributed by atoms with Gasteiger partial charge in [-0.25, -0.2) is 0 Å². The largest absolute Gasteiger partial charge is 0.482 e. The quantitative estimate of drug-likeness (QED) is 0.845. The van der Waals surface area contributed by atoms with Crippen molar-refractivity contribution in [3.8, 4) is 5.75 Å². The Morgan fingerprint density at radius 1 is 1.20 bits per heavy atom. The first-order valence-corrected chi connectivity index (χ1v) is 7.78. The predicted molar refractivity (Wildman–Crippen MR) is 81.6 cm³/mol. The Kier molecular flexibility index (Phi) is 5.99. The number of benzene rings is 1. The van der Waals surface area contributed by atoms with Gasteiger partial charge in [0.2, 0.25) is 0 Å². The van der Waals surface area contributed by atoms with Crippen LogP contribution in [0, 0.1) is 0 Å². The molecule has 1 aromatic rings. The first-order valence-electron chi connectivity index (χ1n) is 7.03. The summed E-state index contributed by atoms with van der Waals surface area (Å²) in [7, 11) is 0. The molecule has 1 saturated carbocycles. The highest BCUT2D eigenvalue weighted by Crippen LogP contribution is 2.31. The van der Waals surface area contributed by atoms with E-state index in [1.807, 2.05) is 0 Å². The van der Waals surface area contributed by atoms with E-state index in [2.05, 4.69) is 5.32 Å². The Bertz CT molecular complexity index is 457. The zero-order valence-electron chi connectivity index (χ0n) is 11.3. The Morgan fingerprint density at radius 2 is 1.90 bits per heavy atom. The van der Waals surface area contributed by atoms with Crippen molar-refractivity contribution in [1.29, 1.82) is 0 Å². The minimum atomic E-state index is -0.104. The van der Waals surface area contributed by atoms with Crippen LogP contribution in [0.4, 0.5) is 0 Å². The molecule has 0 spiro atoms. The van der Waals surface area contributed by atoms with Gasteiger partial charge in [-0.2, -0.15) is 0 Å². The third-order valence-corrected chi connectivity index (χ3v) is 4.30. The maximum atomic E-state index is 11.9. The molecule has 0 aliphatic heterocycles. The summed E-state index contributed by atoms with van der Waals surface area (Å²) in [5, 5.41) is 3.79. The molecule has 1 aliphatic carbocycles. The molecule has 20 heavy (non-hydrogen) atoms. The van der Waals surface area contributed by atoms with Crippen molar-refractivity contribution in [2.45, 2.75) is 44.6 Å². The van der Waals surface area contributed by atoms with E-state index in [1.165, 1.54) is 25.7 Å². The first-order chi connectivity index (χ1) is 9.66. The van der Waals surface area contributed by atoms with Gasteiger partial charge in [-0.15, -0.1) is 0 Å². The lowest BCUT2D eigenvalue weighted by Gasteiger charge is -2.16. The van der Waals surface area contributed by atoms with Crippen molar-refractivity contribution < 1.29 is 9.53 Å². The van der Waals surface area contributed by atoms with Crippen molar-refractivity contribution >= 4 is 29.1 Å². The van der Waals surface area contributed by atoms with Crippen molar-refractivity contribution in [2.75, 3.05) is 6.61 Å². The molecule has 1 aromatic carbocycles. The first kappa shape index (κ1) is 15.5. The van der Waals surface area contributed by atoms with Crippen LogP contribution in [-0.4, -0.2) is 18.6 Å². The van der Waals surface area contributed by atoms with Gasteiger partial charge in [-0.05, 0) is 25.0 Å². The SMILES string of the molecule is O=C(COc1cccc(Cl)c1Cl)NC1CCCCCC1. The molecule has 1 N–H and O–H groups in total. The molecule has 110 valence electrons. The standard InChI is InChI=1S/C15H19Cl2NO2/c16-12-8-5-9-13(15(12)17)20-10-14(19)18-11-6-3-1-2-4-7-11/h5,8-9,11H,1-4,6-7,10H2,(H,18,19). The molecule has 1 amide bonds. The van der Waals surface area contributed by atoms with E-state index >= 15 is 0 Å². The molecule has 0 atom stereocenters. The van der Waals surface area contributed by atoms with Crippen LogP contribution in [0.3, 0.4) is 0 Å². The number of amides is 1. The van der Waals surface area contributed by atoms with Crippen LogP contribution >= 0.6 is 23.2 Å². The van der Waals surface area contributed by atoms with Gasteiger partial charge < -0.3 is 10.1 Å². The van der Waals surface area contributed by atoms with Crippen LogP contribution in [0.5, 0.6) is 5.75 Å². The van der Waals surface area contributed by atoms with E-state index in [-0.39, 0.29) is 18.6 Å². The molecule has 1 aliphatic rings. The summed E-state index contributed by atoms with van der Waals surface area (Å²) >= 11 is 11.9. The Morgan fingerprint density at radius 3 is 2.60 bits per heavy atom. The molecule has 1 fully saturated rings. The summed E-state index contributed by atoms with van der Waals surface area (Å²) in [6, 6.07) is 5.41. The molecule has 0 saturated heterocycles. The topological polar surface area (TPSA) is 38.3 Å². The smallest absolute Gasteiger partial charge is 0.258 e. The second-order valence-electron chi connectivity index (χ2n) is 5.10. The summed E-state index contributed by atoms with van der Waals surface area (Å²) < 4.78 is 5.42. The minimum absolute atomic E-state index is 0.0312. The molecule has 0 heterocycles. The van der Waals surface area contributed by atoms with Crippen LogP contribution in [0.15, 0.2) is 18.2 Å². The Hall–Kier alpha value is -0.930. The van der Waals surface area contributed by atoms with Gasteiger partial charge in [-0.1, -0.05) is 55.0 Å². The number of ether oxygens (including phenoxy) is 1. The van der Waals surface area contributed by atoms with E-state index in [9.17, 15) is 4.79 Å². The van der Waals surface area contributed by atoms with Crippen LogP contribution in [-0.2, 0) is 4.79 Å². The second kappa shape index (κ2) is 7.75. The van der Waals surface area contributed by atoms with Crippen molar-refractivity contribution in [3.05, 3.63) is 28.2 Å². The summed E-state index contributed by atoms with van der Waals surface area (Å²) in [6.45, 7) is -0.0312. The zero-order chi connectivity index (χ0) is 14.4. The third-order valence-electron chi connectivity index (χ3n) is 3.50. The number of rotatable bonds is 4. The predicted octanol–water partition coefficient (Wildman–Crippen LogP) is 4.21. The highest BCUT2D eigenvalue weighted by Gasteiger charge is 2.15.